The number of amides is 1. The topological polar surface area (TPSA) is 79.3 Å². The minimum absolute atomic E-state index is 0.244. The van der Waals surface area contributed by atoms with Gasteiger partial charge in [0.1, 0.15) is 0 Å². The maximum atomic E-state index is 12.0. The summed E-state index contributed by atoms with van der Waals surface area (Å²) in [6.07, 6.45) is 7.35. The summed E-state index contributed by atoms with van der Waals surface area (Å²) < 4.78 is 0. The Kier molecular flexibility index (Phi) is 4.49. The maximum absolute atomic E-state index is 12.0. The molecular weight excluding hydrogens is 244 g/mol. The first-order valence-electron chi connectivity index (χ1n) is 6.62. The molecule has 0 bridgehead atoms. The second-order valence-corrected chi connectivity index (χ2v) is 4.90. The molecule has 19 heavy (non-hydrogen) atoms. The van der Waals surface area contributed by atoms with E-state index in [1.165, 1.54) is 6.20 Å². The Bertz CT molecular complexity index is 447. The van der Waals surface area contributed by atoms with Crippen molar-refractivity contribution in [2.45, 2.75) is 38.1 Å². The van der Waals surface area contributed by atoms with Crippen molar-refractivity contribution in [3.05, 3.63) is 30.1 Å². The van der Waals surface area contributed by atoms with Crippen LogP contribution < -0.4 is 5.32 Å². The fraction of sp³-hybridized carbons (Fsp3) is 0.500. The van der Waals surface area contributed by atoms with Gasteiger partial charge in [0.2, 0.25) is 0 Å². The highest BCUT2D eigenvalue weighted by atomic mass is 16.4. The lowest BCUT2D eigenvalue weighted by molar-refractivity contribution is -0.142. The van der Waals surface area contributed by atoms with Crippen LogP contribution in [-0.2, 0) is 4.79 Å². The van der Waals surface area contributed by atoms with Crippen molar-refractivity contribution in [3.8, 4) is 0 Å². The molecule has 1 fully saturated rings. The largest absolute Gasteiger partial charge is 0.481 e. The molecule has 1 aliphatic carbocycles. The summed E-state index contributed by atoms with van der Waals surface area (Å²) in [6, 6.07) is 3.08. The average molecular weight is 262 g/mol. The molecule has 5 heteroatoms. The van der Waals surface area contributed by atoms with Crippen LogP contribution >= 0.6 is 0 Å². The summed E-state index contributed by atoms with van der Waals surface area (Å²) in [4.78, 5) is 27.2. The standard InChI is InChI=1S/C14H18N2O3/c17-13(10-5-4-8-15-9-10)16-12-7-3-1-2-6-11(12)14(18)19/h4-5,8-9,11-12H,1-3,6-7H2,(H,16,17)(H,18,19)/t11-,12-/m1/s1. The van der Waals surface area contributed by atoms with E-state index in [1.54, 1.807) is 18.3 Å². The van der Waals surface area contributed by atoms with Gasteiger partial charge in [-0.1, -0.05) is 19.3 Å². The Morgan fingerprint density at radius 2 is 2.05 bits per heavy atom. The van der Waals surface area contributed by atoms with Crippen molar-refractivity contribution in [3.63, 3.8) is 0 Å². The van der Waals surface area contributed by atoms with Crippen LogP contribution in [0.1, 0.15) is 42.5 Å². The number of hydrogen-bond donors (Lipinski definition) is 2. The van der Waals surface area contributed by atoms with Gasteiger partial charge in [-0.25, -0.2) is 0 Å². The zero-order chi connectivity index (χ0) is 13.7. The number of aliphatic carboxylic acids is 1. The lowest BCUT2D eigenvalue weighted by Crippen LogP contribution is -2.42. The van der Waals surface area contributed by atoms with E-state index in [-0.39, 0.29) is 11.9 Å². The van der Waals surface area contributed by atoms with Gasteiger partial charge in [0.15, 0.2) is 0 Å². The van der Waals surface area contributed by atoms with E-state index in [4.69, 9.17) is 0 Å². The van der Waals surface area contributed by atoms with Crippen molar-refractivity contribution in [1.29, 1.82) is 0 Å². The molecule has 2 N–H and O–H groups in total. The molecule has 0 unspecified atom stereocenters. The zero-order valence-electron chi connectivity index (χ0n) is 10.7. The summed E-state index contributed by atoms with van der Waals surface area (Å²) in [5, 5.41) is 12.1. The monoisotopic (exact) mass is 262 g/mol. The van der Waals surface area contributed by atoms with E-state index in [0.29, 0.717) is 12.0 Å². The lowest BCUT2D eigenvalue weighted by Gasteiger charge is -2.22. The molecule has 1 aliphatic rings. The second-order valence-electron chi connectivity index (χ2n) is 4.90. The predicted octanol–water partition coefficient (Wildman–Crippen LogP) is 1.84. The third-order valence-electron chi connectivity index (χ3n) is 3.57. The van der Waals surface area contributed by atoms with Gasteiger partial charge < -0.3 is 10.4 Å². The van der Waals surface area contributed by atoms with Gasteiger partial charge in [-0.3, -0.25) is 14.6 Å². The summed E-state index contributed by atoms with van der Waals surface area (Å²) in [7, 11) is 0. The van der Waals surface area contributed by atoms with Gasteiger partial charge in [0.25, 0.3) is 5.91 Å². The van der Waals surface area contributed by atoms with E-state index >= 15 is 0 Å². The van der Waals surface area contributed by atoms with Crippen molar-refractivity contribution >= 4 is 11.9 Å². The van der Waals surface area contributed by atoms with Gasteiger partial charge in [-0.05, 0) is 25.0 Å². The number of nitrogens with one attached hydrogen (secondary N) is 1. The quantitative estimate of drug-likeness (QED) is 0.815. The zero-order valence-corrected chi connectivity index (χ0v) is 10.7. The molecule has 0 radical (unpaired) electrons. The normalized spacial score (nSPS) is 23.4. The first-order chi connectivity index (χ1) is 9.18. The third kappa shape index (κ3) is 3.53. The van der Waals surface area contributed by atoms with Crippen molar-refractivity contribution in [2.24, 2.45) is 5.92 Å². The highest BCUT2D eigenvalue weighted by molar-refractivity contribution is 5.94. The highest BCUT2D eigenvalue weighted by Gasteiger charge is 2.30. The molecule has 0 aliphatic heterocycles. The molecular formula is C14H18N2O3. The highest BCUT2D eigenvalue weighted by Crippen LogP contribution is 2.24. The molecule has 1 aromatic heterocycles. The van der Waals surface area contributed by atoms with Crippen LogP contribution in [0.2, 0.25) is 0 Å². The number of carbonyl (C=O) groups excluding carboxylic acids is 1. The minimum Gasteiger partial charge on any atom is -0.481 e. The third-order valence-corrected chi connectivity index (χ3v) is 3.57. The minimum atomic E-state index is -0.821. The molecule has 0 spiro atoms. The number of hydrogen-bond acceptors (Lipinski definition) is 3. The number of pyridine rings is 1. The van der Waals surface area contributed by atoms with E-state index in [2.05, 4.69) is 10.3 Å². The molecule has 102 valence electrons. The second kappa shape index (κ2) is 6.31. The number of aromatic nitrogens is 1. The first-order valence-corrected chi connectivity index (χ1v) is 6.62. The van der Waals surface area contributed by atoms with E-state index in [9.17, 15) is 14.7 Å². The molecule has 1 saturated carbocycles. The molecule has 2 rings (SSSR count). The van der Waals surface area contributed by atoms with E-state index in [0.717, 1.165) is 25.7 Å². The van der Waals surface area contributed by atoms with Crippen molar-refractivity contribution in [1.82, 2.24) is 10.3 Å². The fourth-order valence-electron chi connectivity index (χ4n) is 2.52. The maximum Gasteiger partial charge on any atom is 0.308 e. The number of carbonyl (C=O) groups is 2. The Hall–Kier alpha value is -1.91. The number of nitrogens with zero attached hydrogens (tertiary/aromatic N) is 1. The van der Waals surface area contributed by atoms with E-state index < -0.39 is 11.9 Å². The summed E-state index contributed by atoms with van der Waals surface area (Å²) in [6.45, 7) is 0. The summed E-state index contributed by atoms with van der Waals surface area (Å²) >= 11 is 0. The molecule has 2 atom stereocenters. The van der Waals surface area contributed by atoms with Crippen LogP contribution in [-0.4, -0.2) is 28.0 Å². The molecule has 0 saturated heterocycles. The van der Waals surface area contributed by atoms with E-state index in [1.807, 2.05) is 0 Å². The van der Waals surface area contributed by atoms with Crippen molar-refractivity contribution in [2.75, 3.05) is 0 Å². The van der Waals surface area contributed by atoms with Crippen LogP contribution in [0.15, 0.2) is 24.5 Å². The predicted molar refractivity (Wildman–Crippen MR) is 69.7 cm³/mol. The van der Waals surface area contributed by atoms with Crippen LogP contribution in [0.4, 0.5) is 0 Å². The summed E-state index contributed by atoms with van der Waals surface area (Å²) in [5.41, 5.74) is 0.468. The van der Waals surface area contributed by atoms with Crippen LogP contribution in [0.3, 0.4) is 0 Å². The summed E-state index contributed by atoms with van der Waals surface area (Å²) in [5.74, 6) is -1.55. The molecule has 1 heterocycles. The van der Waals surface area contributed by atoms with Gasteiger partial charge in [-0.15, -0.1) is 0 Å². The lowest BCUT2D eigenvalue weighted by atomic mass is 9.94. The molecule has 0 aromatic carbocycles. The smallest absolute Gasteiger partial charge is 0.308 e. The van der Waals surface area contributed by atoms with Gasteiger partial charge in [0, 0.05) is 18.4 Å². The van der Waals surface area contributed by atoms with Gasteiger partial charge >= 0.3 is 5.97 Å². The van der Waals surface area contributed by atoms with Gasteiger partial charge in [0.05, 0.1) is 11.5 Å². The van der Waals surface area contributed by atoms with Crippen LogP contribution in [0, 0.1) is 5.92 Å². The first kappa shape index (κ1) is 13.5. The Labute approximate surface area is 112 Å². The van der Waals surface area contributed by atoms with Gasteiger partial charge in [-0.2, -0.15) is 0 Å². The number of carboxylic acids is 1. The van der Waals surface area contributed by atoms with Crippen molar-refractivity contribution < 1.29 is 14.7 Å². The Morgan fingerprint density at radius 1 is 1.26 bits per heavy atom. The fourth-order valence-corrected chi connectivity index (χ4v) is 2.52. The SMILES string of the molecule is O=C(N[C@@H]1CCCCC[C@H]1C(=O)O)c1cccnc1. The number of rotatable bonds is 3. The molecule has 1 aromatic rings. The molecule has 5 nitrogen and oxygen atoms in total. The molecule has 1 amide bonds. The average Bonchev–Trinajstić information content (AvgIpc) is 2.65. The Morgan fingerprint density at radius 3 is 2.74 bits per heavy atom. The van der Waals surface area contributed by atoms with Crippen LogP contribution in [0.25, 0.3) is 0 Å². The van der Waals surface area contributed by atoms with Crippen LogP contribution in [0.5, 0.6) is 0 Å². The number of carboxylic acid groups (broad SMARTS) is 1. The Balaban J connectivity index is 2.06.